The number of carbonyl (C=O) groups excluding carboxylic acids is 1. The van der Waals surface area contributed by atoms with Crippen molar-refractivity contribution < 1.29 is 23.7 Å². The number of benzene rings is 4. The normalized spacial score (nSPS) is 10.3. The Labute approximate surface area is 193 Å². The number of ether oxygens (including phenoxy) is 4. The van der Waals surface area contributed by atoms with Gasteiger partial charge < -0.3 is 18.9 Å². The fraction of sp³-hybridized carbons (Fsp3) is 0.107. The highest BCUT2D eigenvalue weighted by Gasteiger charge is 2.07. The zero-order valence-corrected chi connectivity index (χ0v) is 18.1. The predicted molar refractivity (Wildman–Crippen MR) is 125 cm³/mol. The minimum Gasteiger partial charge on any atom is -0.489 e. The first-order valence-electron chi connectivity index (χ1n) is 10.6. The van der Waals surface area contributed by atoms with E-state index in [2.05, 4.69) is 0 Å². The van der Waals surface area contributed by atoms with Crippen LogP contribution >= 0.6 is 0 Å². The first-order chi connectivity index (χ1) is 16.2. The lowest BCUT2D eigenvalue weighted by atomic mass is 10.2. The Kier molecular flexibility index (Phi) is 7.58. The van der Waals surface area contributed by atoms with E-state index in [1.165, 1.54) is 0 Å². The largest absolute Gasteiger partial charge is 0.489 e. The van der Waals surface area contributed by atoms with Gasteiger partial charge in [-0.25, -0.2) is 4.79 Å². The van der Waals surface area contributed by atoms with Gasteiger partial charge in [-0.15, -0.1) is 0 Å². The molecule has 0 radical (unpaired) electrons. The summed E-state index contributed by atoms with van der Waals surface area (Å²) in [6.07, 6.45) is 0. The van der Waals surface area contributed by atoms with E-state index in [0.29, 0.717) is 18.1 Å². The zero-order valence-electron chi connectivity index (χ0n) is 18.1. The second kappa shape index (κ2) is 11.4. The first kappa shape index (κ1) is 22.0. The lowest BCUT2D eigenvalue weighted by Crippen LogP contribution is -2.14. The van der Waals surface area contributed by atoms with Gasteiger partial charge in [0.2, 0.25) is 0 Å². The van der Waals surface area contributed by atoms with E-state index in [1.54, 1.807) is 12.1 Å². The summed E-state index contributed by atoms with van der Waals surface area (Å²) < 4.78 is 22.4. The number of para-hydroxylation sites is 1. The summed E-state index contributed by atoms with van der Waals surface area (Å²) in [5.41, 5.74) is 1.93. The van der Waals surface area contributed by atoms with Crippen LogP contribution < -0.4 is 14.2 Å². The molecule has 33 heavy (non-hydrogen) atoms. The molecule has 0 fully saturated rings. The molecule has 0 aliphatic carbocycles. The SMILES string of the molecule is O=C(COc1ccc(OCc2ccccc2)cc1)OCc1cccc(Oc2ccccc2)c1. The molecule has 0 unspecified atom stereocenters. The van der Waals surface area contributed by atoms with Crippen molar-refractivity contribution in [2.75, 3.05) is 6.61 Å². The molecular weight excluding hydrogens is 416 g/mol. The summed E-state index contributed by atoms with van der Waals surface area (Å²) in [6, 6.07) is 34.0. The minimum absolute atomic E-state index is 0.139. The summed E-state index contributed by atoms with van der Waals surface area (Å²) in [6.45, 7) is 0.454. The van der Waals surface area contributed by atoms with Crippen LogP contribution in [-0.4, -0.2) is 12.6 Å². The molecule has 0 bridgehead atoms. The highest BCUT2D eigenvalue weighted by molar-refractivity contribution is 5.71. The Balaban J connectivity index is 1.20. The minimum atomic E-state index is -0.450. The summed E-state index contributed by atoms with van der Waals surface area (Å²) in [5.74, 6) is 2.27. The van der Waals surface area contributed by atoms with Gasteiger partial charge in [-0.05, 0) is 59.7 Å². The Morgan fingerprint density at radius 2 is 1.15 bits per heavy atom. The van der Waals surface area contributed by atoms with Gasteiger partial charge in [0, 0.05) is 0 Å². The first-order valence-corrected chi connectivity index (χ1v) is 10.6. The maximum absolute atomic E-state index is 12.1. The average Bonchev–Trinajstić information content (AvgIpc) is 2.87. The summed E-state index contributed by atoms with van der Waals surface area (Å²) >= 11 is 0. The average molecular weight is 440 g/mol. The highest BCUT2D eigenvalue weighted by Crippen LogP contribution is 2.22. The summed E-state index contributed by atoms with van der Waals surface area (Å²) in [7, 11) is 0. The monoisotopic (exact) mass is 440 g/mol. The van der Waals surface area contributed by atoms with Crippen LogP contribution in [0.1, 0.15) is 11.1 Å². The van der Waals surface area contributed by atoms with Crippen LogP contribution in [0.3, 0.4) is 0 Å². The summed E-state index contributed by atoms with van der Waals surface area (Å²) in [5, 5.41) is 0. The van der Waals surface area contributed by atoms with Crippen LogP contribution in [0.15, 0.2) is 109 Å². The van der Waals surface area contributed by atoms with E-state index in [4.69, 9.17) is 18.9 Å². The molecule has 0 saturated carbocycles. The third-order valence-corrected chi connectivity index (χ3v) is 4.71. The van der Waals surface area contributed by atoms with E-state index < -0.39 is 5.97 Å². The molecular formula is C28H24O5. The smallest absolute Gasteiger partial charge is 0.344 e. The molecule has 0 aliphatic heterocycles. The van der Waals surface area contributed by atoms with Gasteiger partial charge in [0.25, 0.3) is 0 Å². The molecule has 0 aliphatic rings. The van der Waals surface area contributed by atoms with Crippen molar-refractivity contribution in [1.29, 1.82) is 0 Å². The van der Waals surface area contributed by atoms with Gasteiger partial charge in [-0.2, -0.15) is 0 Å². The number of hydrogen-bond donors (Lipinski definition) is 0. The van der Waals surface area contributed by atoms with Crippen molar-refractivity contribution in [3.8, 4) is 23.0 Å². The van der Waals surface area contributed by atoms with Gasteiger partial charge in [0.1, 0.15) is 36.2 Å². The number of rotatable bonds is 10. The fourth-order valence-corrected chi connectivity index (χ4v) is 3.04. The third kappa shape index (κ3) is 7.14. The van der Waals surface area contributed by atoms with E-state index in [-0.39, 0.29) is 13.2 Å². The maximum atomic E-state index is 12.1. The van der Waals surface area contributed by atoms with Crippen molar-refractivity contribution in [3.05, 3.63) is 120 Å². The molecule has 4 rings (SSSR count). The standard InChI is InChI=1S/C28H24O5/c29-28(32-20-23-10-7-13-27(18-23)33-26-11-5-2-6-12-26)21-31-25-16-14-24(15-17-25)30-19-22-8-3-1-4-9-22/h1-18H,19-21H2. The Hall–Kier alpha value is -4.25. The quantitative estimate of drug-likeness (QED) is 0.276. The number of esters is 1. The van der Waals surface area contributed by atoms with Gasteiger partial charge in [-0.1, -0.05) is 60.7 Å². The van der Waals surface area contributed by atoms with Crippen LogP contribution in [0.4, 0.5) is 0 Å². The number of carbonyl (C=O) groups is 1. The molecule has 0 amide bonds. The molecule has 4 aromatic rings. The van der Waals surface area contributed by atoms with Crippen LogP contribution in [0, 0.1) is 0 Å². The Bertz CT molecular complexity index is 1140. The second-order valence-corrected chi connectivity index (χ2v) is 7.26. The molecule has 0 N–H and O–H groups in total. The highest BCUT2D eigenvalue weighted by atomic mass is 16.6. The molecule has 0 heterocycles. The van der Waals surface area contributed by atoms with Crippen molar-refractivity contribution in [3.63, 3.8) is 0 Å². The predicted octanol–water partition coefficient (Wildman–Crippen LogP) is 6.18. The maximum Gasteiger partial charge on any atom is 0.344 e. The van der Waals surface area contributed by atoms with Gasteiger partial charge in [-0.3, -0.25) is 0 Å². The zero-order chi connectivity index (χ0) is 22.7. The van der Waals surface area contributed by atoms with Gasteiger partial charge in [0.05, 0.1) is 0 Å². The van der Waals surface area contributed by atoms with E-state index in [1.807, 2.05) is 97.1 Å². The molecule has 0 aromatic heterocycles. The van der Waals surface area contributed by atoms with E-state index >= 15 is 0 Å². The molecule has 0 spiro atoms. The topological polar surface area (TPSA) is 54.0 Å². The molecule has 4 aromatic carbocycles. The van der Waals surface area contributed by atoms with Gasteiger partial charge >= 0.3 is 5.97 Å². The van der Waals surface area contributed by atoms with Crippen molar-refractivity contribution >= 4 is 5.97 Å². The molecule has 166 valence electrons. The lowest BCUT2D eigenvalue weighted by molar-refractivity contribution is -0.147. The van der Waals surface area contributed by atoms with Crippen molar-refractivity contribution in [2.45, 2.75) is 13.2 Å². The third-order valence-electron chi connectivity index (χ3n) is 4.71. The van der Waals surface area contributed by atoms with E-state index in [9.17, 15) is 4.79 Å². The van der Waals surface area contributed by atoms with Gasteiger partial charge in [0.15, 0.2) is 6.61 Å². The summed E-state index contributed by atoms with van der Waals surface area (Å²) in [4.78, 5) is 12.1. The molecule has 5 heteroatoms. The van der Waals surface area contributed by atoms with Crippen LogP contribution in [0.2, 0.25) is 0 Å². The molecule has 0 saturated heterocycles. The van der Waals surface area contributed by atoms with E-state index in [0.717, 1.165) is 22.6 Å². The lowest BCUT2D eigenvalue weighted by Gasteiger charge is -2.10. The molecule has 5 nitrogen and oxygen atoms in total. The van der Waals surface area contributed by atoms with Crippen LogP contribution in [0.5, 0.6) is 23.0 Å². The number of hydrogen-bond acceptors (Lipinski definition) is 5. The Morgan fingerprint density at radius 1 is 0.545 bits per heavy atom. The van der Waals surface area contributed by atoms with Crippen molar-refractivity contribution in [1.82, 2.24) is 0 Å². The van der Waals surface area contributed by atoms with Crippen LogP contribution in [0.25, 0.3) is 0 Å². The van der Waals surface area contributed by atoms with Crippen LogP contribution in [-0.2, 0) is 22.7 Å². The fourth-order valence-electron chi connectivity index (χ4n) is 3.04. The van der Waals surface area contributed by atoms with Crippen molar-refractivity contribution in [2.24, 2.45) is 0 Å². The second-order valence-electron chi connectivity index (χ2n) is 7.26. The molecule has 0 atom stereocenters. The Morgan fingerprint density at radius 3 is 1.88 bits per heavy atom.